The predicted octanol–water partition coefficient (Wildman–Crippen LogP) is 1.50. The third kappa shape index (κ3) is 3.30. The molecule has 0 fully saturated rings. The van der Waals surface area contributed by atoms with Crippen LogP contribution in [0.2, 0.25) is 0 Å². The van der Waals surface area contributed by atoms with Gasteiger partial charge in [0.05, 0.1) is 6.54 Å². The van der Waals surface area contributed by atoms with Gasteiger partial charge in [0, 0.05) is 18.4 Å². The molecule has 5 heteroatoms. The topological polar surface area (TPSA) is 67.2 Å². The molecule has 5 nitrogen and oxygen atoms in total. The van der Waals surface area contributed by atoms with Crippen LogP contribution in [-0.4, -0.2) is 32.4 Å². The Bertz CT molecular complexity index is 345. The van der Waals surface area contributed by atoms with Gasteiger partial charge in [-0.05, 0) is 25.8 Å². The average Bonchev–Trinajstić information content (AvgIpc) is 2.78. The lowest BCUT2D eigenvalue weighted by Gasteiger charge is -2.31. The van der Waals surface area contributed by atoms with Crippen molar-refractivity contribution >= 4 is 5.97 Å². The van der Waals surface area contributed by atoms with Crippen LogP contribution in [0.5, 0.6) is 0 Å². The van der Waals surface area contributed by atoms with Crippen LogP contribution < -0.4 is 5.32 Å². The first-order valence-electron chi connectivity index (χ1n) is 6.02. The Morgan fingerprint density at radius 2 is 2.18 bits per heavy atom. The number of aliphatic carboxylic acids is 1. The van der Waals surface area contributed by atoms with Gasteiger partial charge in [0.2, 0.25) is 0 Å². The quantitative estimate of drug-likeness (QED) is 0.756. The van der Waals surface area contributed by atoms with E-state index >= 15 is 0 Å². The molecule has 0 aliphatic carbocycles. The second kappa shape index (κ2) is 5.82. The third-order valence-corrected chi connectivity index (χ3v) is 3.16. The highest BCUT2D eigenvalue weighted by Crippen LogP contribution is 2.16. The zero-order chi connectivity index (χ0) is 12.9. The predicted molar refractivity (Wildman–Crippen MR) is 65.8 cm³/mol. The molecule has 0 aliphatic rings. The summed E-state index contributed by atoms with van der Waals surface area (Å²) < 4.78 is 1.80. The molecule has 2 N–H and O–H groups in total. The van der Waals surface area contributed by atoms with Gasteiger partial charge in [0.1, 0.15) is 5.54 Å². The average molecular weight is 239 g/mol. The molecule has 1 aromatic heterocycles. The summed E-state index contributed by atoms with van der Waals surface area (Å²) in [5.74, 6) is -0.783. The number of carboxylic acid groups (broad SMARTS) is 1. The summed E-state index contributed by atoms with van der Waals surface area (Å²) in [6, 6.07) is 1.92. The Morgan fingerprint density at radius 3 is 2.59 bits per heavy atom. The van der Waals surface area contributed by atoms with E-state index < -0.39 is 11.5 Å². The Labute approximate surface area is 102 Å². The molecule has 96 valence electrons. The summed E-state index contributed by atoms with van der Waals surface area (Å²) in [6.07, 6.45) is 4.74. The van der Waals surface area contributed by atoms with E-state index in [9.17, 15) is 9.90 Å². The summed E-state index contributed by atoms with van der Waals surface area (Å²) in [5, 5.41) is 16.6. The van der Waals surface area contributed by atoms with Crippen molar-refractivity contribution in [2.24, 2.45) is 0 Å². The first kappa shape index (κ1) is 13.7. The molecular weight excluding hydrogens is 218 g/mol. The molecule has 0 radical (unpaired) electrons. The Morgan fingerprint density at radius 1 is 1.53 bits per heavy atom. The SMILES string of the molecule is CCC(CC)(NC(C)Cn1cccn1)C(=O)O. The van der Waals surface area contributed by atoms with Crippen LogP contribution in [-0.2, 0) is 11.3 Å². The lowest BCUT2D eigenvalue weighted by molar-refractivity contribution is -0.145. The van der Waals surface area contributed by atoms with Crippen molar-refractivity contribution in [2.75, 3.05) is 0 Å². The molecule has 1 rings (SSSR count). The fourth-order valence-corrected chi connectivity index (χ4v) is 2.02. The highest BCUT2D eigenvalue weighted by molar-refractivity contribution is 5.78. The van der Waals surface area contributed by atoms with Gasteiger partial charge in [-0.15, -0.1) is 0 Å². The van der Waals surface area contributed by atoms with E-state index in [-0.39, 0.29) is 6.04 Å². The van der Waals surface area contributed by atoms with Gasteiger partial charge in [-0.25, -0.2) is 0 Å². The lowest BCUT2D eigenvalue weighted by Crippen LogP contribution is -2.55. The molecular formula is C12H21N3O2. The van der Waals surface area contributed by atoms with Gasteiger partial charge >= 0.3 is 5.97 Å². The normalized spacial score (nSPS) is 13.6. The highest BCUT2D eigenvalue weighted by atomic mass is 16.4. The number of hydrogen-bond acceptors (Lipinski definition) is 3. The maximum atomic E-state index is 11.3. The minimum atomic E-state index is -0.827. The molecule has 0 saturated heterocycles. The molecule has 0 bridgehead atoms. The Kier molecular flexibility index (Phi) is 4.69. The van der Waals surface area contributed by atoms with Crippen LogP contribution in [0.25, 0.3) is 0 Å². The number of carboxylic acids is 1. The molecule has 17 heavy (non-hydrogen) atoms. The van der Waals surface area contributed by atoms with Gasteiger partial charge in [0.25, 0.3) is 0 Å². The van der Waals surface area contributed by atoms with Crippen molar-refractivity contribution in [1.82, 2.24) is 15.1 Å². The minimum Gasteiger partial charge on any atom is -0.480 e. The van der Waals surface area contributed by atoms with E-state index in [4.69, 9.17) is 0 Å². The van der Waals surface area contributed by atoms with Gasteiger partial charge in [-0.3, -0.25) is 14.8 Å². The number of carbonyl (C=O) groups is 1. The Hall–Kier alpha value is -1.36. The fourth-order valence-electron chi connectivity index (χ4n) is 2.02. The highest BCUT2D eigenvalue weighted by Gasteiger charge is 2.35. The molecule has 0 aliphatic heterocycles. The van der Waals surface area contributed by atoms with Crippen LogP contribution in [0.15, 0.2) is 18.5 Å². The summed E-state index contributed by atoms with van der Waals surface area (Å²) in [6.45, 7) is 6.43. The number of nitrogens with zero attached hydrogens (tertiary/aromatic N) is 2. The first-order chi connectivity index (χ1) is 8.04. The van der Waals surface area contributed by atoms with Crippen LogP contribution in [0.4, 0.5) is 0 Å². The summed E-state index contributed by atoms with van der Waals surface area (Å²) in [4.78, 5) is 11.3. The summed E-state index contributed by atoms with van der Waals surface area (Å²) in [5.41, 5.74) is -0.827. The molecule has 1 atom stereocenters. The van der Waals surface area contributed by atoms with Crippen molar-refractivity contribution in [3.63, 3.8) is 0 Å². The van der Waals surface area contributed by atoms with E-state index in [0.29, 0.717) is 19.4 Å². The monoisotopic (exact) mass is 239 g/mol. The maximum Gasteiger partial charge on any atom is 0.323 e. The van der Waals surface area contributed by atoms with Crippen molar-refractivity contribution in [1.29, 1.82) is 0 Å². The molecule has 0 amide bonds. The smallest absolute Gasteiger partial charge is 0.323 e. The standard InChI is InChI=1S/C12H21N3O2/c1-4-12(5-2,11(16)17)14-10(3)9-15-8-6-7-13-15/h6-8,10,14H,4-5,9H2,1-3H3,(H,16,17). The van der Waals surface area contributed by atoms with Crippen LogP contribution in [0.3, 0.4) is 0 Å². The zero-order valence-electron chi connectivity index (χ0n) is 10.7. The number of nitrogens with one attached hydrogen (secondary N) is 1. The molecule has 0 saturated carbocycles. The molecule has 1 unspecified atom stereocenters. The van der Waals surface area contributed by atoms with E-state index in [1.807, 2.05) is 33.0 Å². The molecule has 0 spiro atoms. The molecule has 0 aromatic carbocycles. The van der Waals surface area contributed by atoms with Crippen LogP contribution >= 0.6 is 0 Å². The van der Waals surface area contributed by atoms with E-state index in [1.165, 1.54) is 0 Å². The van der Waals surface area contributed by atoms with Gasteiger partial charge in [-0.1, -0.05) is 13.8 Å². The lowest BCUT2D eigenvalue weighted by atomic mass is 9.92. The van der Waals surface area contributed by atoms with E-state index in [1.54, 1.807) is 10.9 Å². The summed E-state index contributed by atoms with van der Waals surface area (Å²) in [7, 11) is 0. The van der Waals surface area contributed by atoms with Gasteiger partial charge in [-0.2, -0.15) is 5.10 Å². The summed E-state index contributed by atoms with van der Waals surface area (Å²) >= 11 is 0. The van der Waals surface area contributed by atoms with Gasteiger partial charge in [0.15, 0.2) is 0 Å². The second-order valence-corrected chi connectivity index (χ2v) is 4.37. The number of hydrogen-bond donors (Lipinski definition) is 2. The Balaban J connectivity index is 2.64. The van der Waals surface area contributed by atoms with E-state index in [0.717, 1.165) is 0 Å². The van der Waals surface area contributed by atoms with Crippen molar-refractivity contribution in [2.45, 2.75) is 51.7 Å². The second-order valence-electron chi connectivity index (χ2n) is 4.37. The first-order valence-corrected chi connectivity index (χ1v) is 6.02. The van der Waals surface area contributed by atoms with E-state index in [2.05, 4.69) is 10.4 Å². The van der Waals surface area contributed by atoms with Crippen molar-refractivity contribution in [3.8, 4) is 0 Å². The zero-order valence-corrected chi connectivity index (χ0v) is 10.7. The largest absolute Gasteiger partial charge is 0.480 e. The molecule has 1 heterocycles. The van der Waals surface area contributed by atoms with Crippen LogP contribution in [0.1, 0.15) is 33.6 Å². The van der Waals surface area contributed by atoms with Gasteiger partial charge < -0.3 is 5.11 Å². The van der Waals surface area contributed by atoms with Crippen molar-refractivity contribution < 1.29 is 9.90 Å². The fraction of sp³-hybridized carbons (Fsp3) is 0.667. The number of rotatable bonds is 7. The van der Waals surface area contributed by atoms with Crippen LogP contribution in [0, 0.1) is 0 Å². The van der Waals surface area contributed by atoms with Crippen molar-refractivity contribution in [3.05, 3.63) is 18.5 Å². The number of aromatic nitrogens is 2. The maximum absolute atomic E-state index is 11.3. The third-order valence-electron chi connectivity index (χ3n) is 3.16. The minimum absolute atomic E-state index is 0.0610. The molecule has 1 aromatic rings.